The largest absolute Gasteiger partial charge is 0.436 e. The van der Waals surface area contributed by atoms with Gasteiger partial charge in [-0.05, 0) is 17.7 Å². The Morgan fingerprint density at radius 2 is 1.79 bits per heavy atom. The van der Waals surface area contributed by atoms with Crippen molar-refractivity contribution in [3.63, 3.8) is 0 Å². The molecule has 4 aliphatic rings. The first-order valence-electron chi connectivity index (χ1n) is 9.55. The molecule has 0 spiro atoms. The Bertz CT molecular complexity index is 916. The van der Waals surface area contributed by atoms with Crippen LogP contribution in [0, 0.1) is 11.6 Å². The van der Waals surface area contributed by atoms with Crippen molar-refractivity contribution in [2.45, 2.75) is 12.5 Å². The van der Waals surface area contributed by atoms with E-state index in [0.29, 0.717) is 12.0 Å². The summed E-state index contributed by atoms with van der Waals surface area (Å²) in [5.41, 5.74) is 0.400. The summed E-state index contributed by atoms with van der Waals surface area (Å²) in [4.78, 5) is 15.5. The molecular weight excluding hydrogens is 366 g/mol. The normalized spacial score (nSPS) is 28.9. The number of carbonyl (C=O) groups is 1. The van der Waals surface area contributed by atoms with Crippen LogP contribution in [0.25, 0.3) is 0 Å². The number of hydrazone groups is 1. The fourth-order valence-electron chi connectivity index (χ4n) is 4.47. The van der Waals surface area contributed by atoms with Gasteiger partial charge in [-0.1, -0.05) is 4.68 Å². The van der Waals surface area contributed by atoms with E-state index in [2.05, 4.69) is 14.7 Å². The molecule has 0 unspecified atom stereocenters. The molecule has 2 bridgehead atoms. The molecule has 9 heteroatoms. The molecule has 0 aliphatic carbocycles. The zero-order chi connectivity index (χ0) is 19.3. The van der Waals surface area contributed by atoms with Crippen LogP contribution in [0.15, 0.2) is 42.0 Å². The number of nitrogens with zero attached hydrogens (tertiary/aromatic N) is 6. The van der Waals surface area contributed by atoms with Gasteiger partial charge in [0, 0.05) is 18.7 Å². The molecule has 3 fully saturated rings. The molecule has 5 heterocycles. The van der Waals surface area contributed by atoms with E-state index in [4.69, 9.17) is 0 Å². The van der Waals surface area contributed by atoms with Gasteiger partial charge in [-0.3, -0.25) is 4.90 Å². The summed E-state index contributed by atoms with van der Waals surface area (Å²) >= 11 is 0. The second-order valence-electron chi connectivity index (χ2n) is 7.69. The number of fused-ring (bicyclic) bond motifs is 3. The summed E-state index contributed by atoms with van der Waals surface area (Å²) in [5.74, 6) is -1.32. The second kappa shape index (κ2) is 6.46. The van der Waals surface area contributed by atoms with Crippen molar-refractivity contribution < 1.29 is 18.3 Å². The highest BCUT2D eigenvalue weighted by Gasteiger charge is 2.44. The summed E-state index contributed by atoms with van der Waals surface area (Å²) in [5, 5.41) is 5.47. The van der Waals surface area contributed by atoms with Crippen LogP contribution in [0.1, 0.15) is 18.0 Å². The third-order valence-electron chi connectivity index (χ3n) is 6.13. The first-order chi connectivity index (χ1) is 13.5. The van der Waals surface area contributed by atoms with E-state index >= 15 is 0 Å². The molecule has 7 nitrogen and oxygen atoms in total. The lowest BCUT2D eigenvalue weighted by atomic mass is 10.0. The first-order valence-corrected chi connectivity index (χ1v) is 9.55. The zero-order valence-electron chi connectivity index (χ0n) is 15.4. The van der Waals surface area contributed by atoms with Crippen LogP contribution in [-0.4, -0.2) is 66.0 Å². The molecule has 1 aromatic carbocycles. The fourth-order valence-corrected chi connectivity index (χ4v) is 4.47. The van der Waals surface area contributed by atoms with Gasteiger partial charge in [-0.2, -0.15) is 10.1 Å². The number of amides is 1. The number of rotatable bonds is 2. The predicted octanol–water partition coefficient (Wildman–Crippen LogP) is 1.22. The van der Waals surface area contributed by atoms with E-state index in [0.717, 1.165) is 49.9 Å². The Morgan fingerprint density at radius 3 is 2.46 bits per heavy atom. The number of hydrogen-bond acceptors (Lipinski definition) is 3. The number of halogens is 2. The second-order valence-corrected chi connectivity index (χ2v) is 7.69. The molecule has 6 rings (SSSR count). The Hall–Kier alpha value is -2.65. The van der Waals surface area contributed by atoms with Gasteiger partial charge in [0.1, 0.15) is 37.5 Å². The maximum absolute atomic E-state index is 13.6. The minimum absolute atomic E-state index is 0.337. The van der Waals surface area contributed by atoms with Gasteiger partial charge >= 0.3 is 12.4 Å². The van der Waals surface area contributed by atoms with Gasteiger partial charge in [0.2, 0.25) is 0 Å². The van der Waals surface area contributed by atoms with E-state index in [-0.39, 0.29) is 6.03 Å². The number of imidazole rings is 1. The van der Waals surface area contributed by atoms with Gasteiger partial charge in [0.15, 0.2) is 6.20 Å². The quantitative estimate of drug-likeness (QED) is 0.574. The highest BCUT2D eigenvalue weighted by atomic mass is 19.1. The lowest BCUT2D eigenvalue weighted by Crippen LogP contribution is -2.83. The molecule has 28 heavy (non-hydrogen) atoms. The Morgan fingerprint density at radius 1 is 1.11 bits per heavy atom. The van der Waals surface area contributed by atoms with Gasteiger partial charge in [0.05, 0.1) is 25.7 Å². The number of piperazine rings is 3. The maximum atomic E-state index is 13.6. The van der Waals surface area contributed by atoms with E-state index < -0.39 is 17.7 Å². The van der Waals surface area contributed by atoms with Crippen molar-refractivity contribution in [2.75, 3.05) is 39.3 Å². The Balaban J connectivity index is 1.40. The van der Waals surface area contributed by atoms with E-state index in [1.165, 1.54) is 21.7 Å². The van der Waals surface area contributed by atoms with Gasteiger partial charge in [-0.25, -0.2) is 13.6 Å². The lowest BCUT2D eigenvalue weighted by Gasteiger charge is -2.46. The number of hydrogen-bond donors (Lipinski definition) is 0. The van der Waals surface area contributed by atoms with Crippen LogP contribution in [0.2, 0.25) is 0 Å². The van der Waals surface area contributed by atoms with Gasteiger partial charge in [0.25, 0.3) is 0 Å². The summed E-state index contributed by atoms with van der Waals surface area (Å²) in [6.07, 6.45) is 7.49. The van der Waals surface area contributed by atoms with E-state index in [1.54, 1.807) is 18.7 Å². The molecule has 1 atom stereocenters. The number of benzene rings is 1. The molecule has 1 aromatic heterocycles. The molecule has 0 N–H and O–H groups in total. The van der Waals surface area contributed by atoms with Crippen LogP contribution >= 0.6 is 0 Å². The van der Waals surface area contributed by atoms with Gasteiger partial charge < -0.3 is 0 Å². The van der Waals surface area contributed by atoms with E-state index in [9.17, 15) is 13.6 Å². The summed E-state index contributed by atoms with van der Waals surface area (Å²) in [6, 6.07) is 2.48. The molecule has 2 aromatic rings. The van der Waals surface area contributed by atoms with Crippen molar-refractivity contribution in [1.29, 1.82) is 0 Å². The van der Waals surface area contributed by atoms with Gasteiger partial charge in [-0.15, -0.1) is 9.16 Å². The van der Waals surface area contributed by atoms with Crippen molar-refractivity contribution in [2.24, 2.45) is 5.10 Å². The Kier molecular flexibility index (Phi) is 4.02. The average Bonchev–Trinajstić information content (AvgIpc) is 3.38. The fraction of sp³-hybridized carbons (Fsp3) is 0.421. The van der Waals surface area contributed by atoms with Crippen LogP contribution < -0.4 is 9.27 Å². The number of carbonyl (C=O) groups excluding carboxylic acids is 1. The molecule has 0 radical (unpaired) electrons. The summed E-state index contributed by atoms with van der Waals surface area (Å²) < 4.78 is 31.7. The standard InChI is InChI=1S/C19H22F2N6O/c20-16-11-15(12-17(21)13-16)18-1-2-22-26(18)19(28)24-3-4-25(14-24)27-8-5-23(6-9-27)7-10-27/h2-4,11-14,18H,1,5-10H2/q+2/t18-/m0/s1. The molecule has 1 amide bonds. The predicted molar refractivity (Wildman–Crippen MR) is 98.0 cm³/mol. The molecule has 4 aliphatic heterocycles. The van der Waals surface area contributed by atoms with Crippen molar-refractivity contribution in [3.05, 3.63) is 54.1 Å². The van der Waals surface area contributed by atoms with Crippen molar-refractivity contribution in [1.82, 2.24) is 19.1 Å². The molecule has 0 saturated carbocycles. The van der Waals surface area contributed by atoms with Crippen LogP contribution in [0.3, 0.4) is 0 Å². The lowest BCUT2D eigenvalue weighted by molar-refractivity contribution is -0.827. The molecular formula is C19H22F2N6O+2. The highest BCUT2D eigenvalue weighted by Crippen LogP contribution is 2.29. The molecule has 146 valence electrons. The van der Waals surface area contributed by atoms with Crippen molar-refractivity contribution >= 4 is 12.2 Å². The SMILES string of the molecule is O=C(N1N=CC[C@H]1c1cc(F)cc(F)c1)n1cc[n+]([N+]23CCN(CC2)CC3)c1. The topological polar surface area (TPSA) is 44.7 Å². The van der Waals surface area contributed by atoms with Crippen LogP contribution in [0.4, 0.5) is 13.6 Å². The van der Waals surface area contributed by atoms with Crippen molar-refractivity contribution in [3.8, 4) is 0 Å². The Labute approximate surface area is 161 Å². The first kappa shape index (κ1) is 17.4. The zero-order valence-corrected chi connectivity index (χ0v) is 15.4. The summed E-state index contributed by atoms with van der Waals surface area (Å²) in [7, 11) is 0. The third kappa shape index (κ3) is 2.82. The number of aromatic nitrogens is 2. The van der Waals surface area contributed by atoms with Crippen LogP contribution in [0.5, 0.6) is 0 Å². The average molecular weight is 388 g/mol. The summed E-state index contributed by atoms with van der Waals surface area (Å²) in [6.45, 7) is 6.27. The highest BCUT2D eigenvalue weighted by molar-refractivity contribution is 5.80. The smallest absolute Gasteiger partial charge is 0.286 e. The minimum atomic E-state index is -0.659. The maximum Gasteiger partial charge on any atom is 0.436 e. The van der Waals surface area contributed by atoms with E-state index in [1.807, 2.05) is 6.20 Å². The molecule has 3 saturated heterocycles. The monoisotopic (exact) mass is 388 g/mol. The number of quaternary nitrogens is 1. The minimum Gasteiger partial charge on any atom is -0.286 e. The third-order valence-corrected chi connectivity index (χ3v) is 6.13. The van der Waals surface area contributed by atoms with Crippen LogP contribution in [-0.2, 0) is 0 Å².